The van der Waals surface area contributed by atoms with Gasteiger partial charge in [-0.2, -0.15) is 5.26 Å². The van der Waals surface area contributed by atoms with E-state index < -0.39 is 0 Å². The maximum absolute atomic E-state index is 8.51. The number of benzene rings is 1. The van der Waals surface area contributed by atoms with E-state index in [0.29, 0.717) is 18.8 Å². The van der Waals surface area contributed by atoms with Crippen LogP contribution in [-0.2, 0) is 6.54 Å². The zero-order valence-electron chi connectivity index (χ0n) is 10.1. The summed E-state index contributed by atoms with van der Waals surface area (Å²) < 4.78 is 6.81. The number of rotatable bonds is 5. The van der Waals surface area contributed by atoms with Crippen LogP contribution >= 0.6 is 0 Å². The van der Waals surface area contributed by atoms with E-state index in [1.54, 1.807) is 11.8 Å². The summed E-state index contributed by atoms with van der Waals surface area (Å²) in [7, 11) is 1.63. The summed E-state index contributed by atoms with van der Waals surface area (Å²) in [5, 5.41) is 20.1. The van der Waals surface area contributed by atoms with Crippen molar-refractivity contribution in [3.8, 4) is 23.2 Å². The molecule has 0 spiro atoms. The number of hydrogen-bond donors (Lipinski definition) is 0. The van der Waals surface area contributed by atoms with Gasteiger partial charge in [0.15, 0.2) is 5.82 Å². The van der Waals surface area contributed by atoms with Gasteiger partial charge in [0.2, 0.25) is 0 Å². The molecule has 0 bridgehead atoms. The lowest BCUT2D eigenvalue weighted by Crippen LogP contribution is -2.02. The van der Waals surface area contributed by atoms with E-state index in [-0.39, 0.29) is 0 Å². The van der Waals surface area contributed by atoms with E-state index in [1.807, 2.05) is 24.3 Å². The van der Waals surface area contributed by atoms with Gasteiger partial charge in [-0.25, -0.2) is 4.68 Å². The Kier molecular flexibility index (Phi) is 3.86. The molecular weight excluding hydrogens is 230 g/mol. The van der Waals surface area contributed by atoms with Gasteiger partial charge < -0.3 is 4.74 Å². The highest BCUT2D eigenvalue weighted by atomic mass is 16.5. The molecule has 6 nitrogen and oxygen atoms in total. The summed E-state index contributed by atoms with van der Waals surface area (Å²) >= 11 is 0. The molecule has 0 radical (unpaired) electrons. The summed E-state index contributed by atoms with van der Waals surface area (Å²) in [4.78, 5) is 0. The molecule has 1 aromatic carbocycles. The Morgan fingerprint density at radius 2 is 2.11 bits per heavy atom. The molecular formula is C12H13N5O. The second-order valence-corrected chi connectivity index (χ2v) is 3.72. The van der Waals surface area contributed by atoms with Crippen molar-refractivity contribution in [2.45, 2.75) is 19.4 Å². The molecule has 18 heavy (non-hydrogen) atoms. The lowest BCUT2D eigenvalue weighted by molar-refractivity contribution is 0.415. The lowest BCUT2D eigenvalue weighted by atomic mass is 10.2. The summed E-state index contributed by atoms with van der Waals surface area (Å²) in [6.45, 7) is 0.641. The zero-order chi connectivity index (χ0) is 12.8. The number of tetrazole rings is 1. The highest BCUT2D eigenvalue weighted by Gasteiger charge is 2.08. The molecule has 6 heteroatoms. The zero-order valence-corrected chi connectivity index (χ0v) is 10.1. The molecule has 0 saturated carbocycles. The molecule has 2 aromatic rings. The summed E-state index contributed by atoms with van der Waals surface area (Å²) in [5.74, 6) is 1.50. The number of aromatic nitrogens is 4. The Morgan fingerprint density at radius 1 is 1.33 bits per heavy atom. The largest absolute Gasteiger partial charge is 0.497 e. The van der Waals surface area contributed by atoms with Crippen molar-refractivity contribution in [1.82, 2.24) is 20.2 Å². The number of nitrogens with zero attached hydrogens (tertiary/aromatic N) is 5. The lowest BCUT2D eigenvalue weighted by Gasteiger charge is -2.04. The van der Waals surface area contributed by atoms with Crippen LogP contribution in [0, 0.1) is 11.3 Å². The SMILES string of the molecule is COc1ccc(-c2nnnn2CCCC#N)cc1. The van der Waals surface area contributed by atoms with Crippen LogP contribution in [0.4, 0.5) is 0 Å². The van der Waals surface area contributed by atoms with Crippen LogP contribution in [0.1, 0.15) is 12.8 Å². The first-order valence-electron chi connectivity index (χ1n) is 5.62. The second-order valence-electron chi connectivity index (χ2n) is 3.72. The highest BCUT2D eigenvalue weighted by molar-refractivity contribution is 5.55. The predicted molar refractivity (Wildman–Crippen MR) is 64.7 cm³/mol. The fraction of sp³-hybridized carbons (Fsp3) is 0.333. The maximum atomic E-state index is 8.51. The minimum atomic E-state index is 0.502. The van der Waals surface area contributed by atoms with Crippen molar-refractivity contribution in [3.63, 3.8) is 0 Å². The fourth-order valence-electron chi connectivity index (χ4n) is 1.61. The van der Waals surface area contributed by atoms with Gasteiger partial charge in [0.05, 0.1) is 13.2 Å². The molecule has 92 valence electrons. The Bertz CT molecular complexity index is 540. The first-order chi connectivity index (χ1) is 8.85. The number of aryl methyl sites for hydroxylation is 1. The molecule has 1 aromatic heterocycles. The van der Waals surface area contributed by atoms with Crippen molar-refractivity contribution in [2.75, 3.05) is 7.11 Å². The van der Waals surface area contributed by atoms with E-state index in [2.05, 4.69) is 21.6 Å². The molecule has 2 rings (SSSR count). The molecule has 0 atom stereocenters. The summed E-state index contributed by atoms with van der Waals surface area (Å²) in [6.07, 6.45) is 1.24. The molecule has 1 heterocycles. The van der Waals surface area contributed by atoms with Gasteiger partial charge in [-0.1, -0.05) is 0 Å². The second kappa shape index (κ2) is 5.77. The Hall–Kier alpha value is -2.42. The van der Waals surface area contributed by atoms with E-state index in [4.69, 9.17) is 10.00 Å². The molecule has 0 aliphatic rings. The van der Waals surface area contributed by atoms with Gasteiger partial charge in [0, 0.05) is 18.5 Å². The highest BCUT2D eigenvalue weighted by Crippen LogP contribution is 2.19. The van der Waals surface area contributed by atoms with E-state index in [9.17, 15) is 0 Å². The van der Waals surface area contributed by atoms with Crippen molar-refractivity contribution < 1.29 is 4.74 Å². The molecule has 0 N–H and O–H groups in total. The maximum Gasteiger partial charge on any atom is 0.182 e. The molecule has 0 unspecified atom stereocenters. The number of unbranched alkanes of at least 4 members (excludes halogenated alkanes) is 1. The molecule has 0 saturated heterocycles. The average molecular weight is 243 g/mol. The van der Waals surface area contributed by atoms with Gasteiger partial charge >= 0.3 is 0 Å². The van der Waals surface area contributed by atoms with Crippen LogP contribution < -0.4 is 4.74 Å². The summed E-state index contributed by atoms with van der Waals surface area (Å²) in [5.41, 5.74) is 0.928. The first-order valence-corrected chi connectivity index (χ1v) is 5.62. The molecule has 0 fully saturated rings. The van der Waals surface area contributed by atoms with Crippen molar-refractivity contribution in [1.29, 1.82) is 5.26 Å². The first kappa shape index (κ1) is 12.0. The van der Waals surface area contributed by atoms with Gasteiger partial charge in [-0.05, 0) is 41.1 Å². The van der Waals surface area contributed by atoms with Crippen LogP contribution in [0.3, 0.4) is 0 Å². The smallest absolute Gasteiger partial charge is 0.182 e. The van der Waals surface area contributed by atoms with Crippen LogP contribution in [0.5, 0.6) is 5.75 Å². The van der Waals surface area contributed by atoms with Crippen molar-refractivity contribution >= 4 is 0 Å². The minimum absolute atomic E-state index is 0.502. The van der Waals surface area contributed by atoms with Crippen LogP contribution in [-0.4, -0.2) is 27.3 Å². The van der Waals surface area contributed by atoms with Gasteiger partial charge in [0.1, 0.15) is 5.75 Å². The number of ether oxygens (including phenoxy) is 1. The minimum Gasteiger partial charge on any atom is -0.497 e. The third kappa shape index (κ3) is 2.63. The van der Waals surface area contributed by atoms with Crippen molar-refractivity contribution in [2.24, 2.45) is 0 Å². The standard InChI is InChI=1S/C12H13N5O/c1-18-11-6-4-10(5-7-11)12-14-15-16-17(12)9-3-2-8-13/h4-7H,2-3,9H2,1H3. The number of nitriles is 1. The fourth-order valence-corrected chi connectivity index (χ4v) is 1.61. The monoisotopic (exact) mass is 243 g/mol. The normalized spacial score (nSPS) is 10.0. The Balaban J connectivity index is 2.17. The quantitative estimate of drug-likeness (QED) is 0.746. The Morgan fingerprint density at radius 3 is 2.78 bits per heavy atom. The van der Waals surface area contributed by atoms with Crippen LogP contribution in [0.25, 0.3) is 11.4 Å². The number of methoxy groups -OCH3 is 1. The van der Waals surface area contributed by atoms with E-state index >= 15 is 0 Å². The predicted octanol–water partition coefficient (Wildman–Crippen LogP) is 1.65. The third-order valence-corrected chi connectivity index (χ3v) is 2.54. The Labute approximate surface area is 105 Å². The molecule has 0 aliphatic carbocycles. The topological polar surface area (TPSA) is 76.6 Å². The van der Waals surface area contributed by atoms with Gasteiger partial charge in [-0.3, -0.25) is 0 Å². The third-order valence-electron chi connectivity index (χ3n) is 2.54. The van der Waals surface area contributed by atoms with E-state index in [1.165, 1.54) is 0 Å². The van der Waals surface area contributed by atoms with Crippen molar-refractivity contribution in [3.05, 3.63) is 24.3 Å². The number of hydrogen-bond acceptors (Lipinski definition) is 5. The van der Waals surface area contributed by atoms with Crippen LogP contribution in [0.15, 0.2) is 24.3 Å². The molecule has 0 aliphatic heterocycles. The average Bonchev–Trinajstić information content (AvgIpc) is 2.88. The van der Waals surface area contributed by atoms with Crippen LogP contribution in [0.2, 0.25) is 0 Å². The van der Waals surface area contributed by atoms with Gasteiger partial charge in [0.25, 0.3) is 0 Å². The summed E-state index contributed by atoms with van der Waals surface area (Å²) in [6, 6.07) is 9.65. The van der Waals surface area contributed by atoms with Gasteiger partial charge in [-0.15, -0.1) is 5.10 Å². The van der Waals surface area contributed by atoms with E-state index in [0.717, 1.165) is 17.7 Å². The molecule has 0 amide bonds.